The molecule has 1 aliphatic heterocycles. The highest BCUT2D eigenvalue weighted by atomic mass is 16.5. The summed E-state index contributed by atoms with van der Waals surface area (Å²) < 4.78 is 10.5. The number of nitrogens with zero attached hydrogens (tertiary/aromatic N) is 2. The number of rotatable bonds is 9. The van der Waals surface area contributed by atoms with Crippen molar-refractivity contribution in [3.8, 4) is 0 Å². The summed E-state index contributed by atoms with van der Waals surface area (Å²) in [5.74, 6) is -1.45. The fourth-order valence-electron chi connectivity index (χ4n) is 3.79. The van der Waals surface area contributed by atoms with Crippen LogP contribution in [0.1, 0.15) is 59.9 Å². The van der Waals surface area contributed by atoms with E-state index >= 15 is 0 Å². The molecule has 33 heavy (non-hydrogen) atoms. The van der Waals surface area contributed by atoms with Crippen LogP contribution < -0.4 is 5.32 Å². The standard InChI is InChI=1S/C25H37N3O5/c1-17(2)20(22(30)27-24(3,4)5)33-19(29)13-14-25(6)21(23(31)32-7)26-16-28(25)15-18-11-9-8-10-12-18/h8-12,16-17,20-21H,13-15H2,1-7H3,(H,27,30). The van der Waals surface area contributed by atoms with Gasteiger partial charge in [0.15, 0.2) is 12.1 Å². The molecule has 2 rings (SSSR count). The smallest absolute Gasteiger partial charge is 0.333 e. The number of nitrogens with one attached hydrogen (secondary N) is 1. The molecule has 3 atom stereocenters. The van der Waals surface area contributed by atoms with Gasteiger partial charge in [0.1, 0.15) is 0 Å². The van der Waals surface area contributed by atoms with E-state index in [4.69, 9.17) is 9.47 Å². The van der Waals surface area contributed by atoms with Gasteiger partial charge in [0.2, 0.25) is 0 Å². The van der Waals surface area contributed by atoms with Gasteiger partial charge >= 0.3 is 11.9 Å². The first-order valence-corrected chi connectivity index (χ1v) is 11.3. The lowest BCUT2D eigenvalue weighted by Gasteiger charge is -2.38. The summed E-state index contributed by atoms with van der Waals surface area (Å²) >= 11 is 0. The summed E-state index contributed by atoms with van der Waals surface area (Å²) in [6.07, 6.45) is 1.10. The first kappa shape index (κ1) is 26.4. The number of esters is 2. The van der Waals surface area contributed by atoms with E-state index in [0.717, 1.165) is 5.56 Å². The van der Waals surface area contributed by atoms with Crippen LogP contribution in [0.3, 0.4) is 0 Å². The van der Waals surface area contributed by atoms with Crippen LogP contribution in [0.25, 0.3) is 0 Å². The Morgan fingerprint density at radius 3 is 2.36 bits per heavy atom. The lowest BCUT2D eigenvalue weighted by molar-refractivity contribution is -0.160. The Morgan fingerprint density at radius 1 is 1.18 bits per heavy atom. The van der Waals surface area contributed by atoms with E-state index < -0.39 is 35.2 Å². The van der Waals surface area contributed by atoms with Crippen molar-refractivity contribution in [3.05, 3.63) is 35.9 Å². The van der Waals surface area contributed by atoms with Crippen LogP contribution >= 0.6 is 0 Å². The van der Waals surface area contributed by atoms with Crippen LogP contribution in [0.5, 0.6) is 0 Å². The van der Waals surface area contributed by atoms with Gasteiger partial charge in [-0.3, -0.25) is 14.6 Å². The van der Waals surface area contributed by atoms with Crippen molar-refractivity contribution >= 4 is 24.2 Å². The third kappa shape index (κ3) is 7.04. The molecule has 1 amide bonds. The Labute approximate surface area is 196 Å². The molecular formula is C25H37N3O5. The van der Waals surface area contributed by atoms with E-state index in [1.54, 1.807) is 6.34 Å². The Kier molecular flexibility index (Phi) is 8.63. The summed E-state index contributed by atoms with van der Waals surface area (Å²) in [5, 5.41) is 2.87. The van der Waals surface area contributed by atoms with Crippen molar-refractivity contribution in [1.29, 1.82) is 0 Å². The first-order chi connectivity index (χ1) is 15.4. The Bertz CT molecular complexity index is 863. The molecule has 1 aromatic rings. The number of carbonyl (C=O) groups excluding carboxylic acids is 3. The number of amides is 1. The SMILES string of the molecule is COC(=O)C1N=CN(Cc2ccccc2)C1(C)CCC(=O)OC(C(=O)NC(C)(C)C)C(C)C. The van der Waals surface area contributed by atoms with Gasteiger partial charge in [0, 0.05) is 18.5 Å². The molecule has 3 unspecified atom stereocenters. The van der Waals surface area contributed by atoms with Crippen molar-refractivity contribution in [2.45, 2.75) is 84.2 Å². The van der Waals surface area contributed by atoms with Crippen LogP contribution in [0.15, 0.2) is 35.3 Å². The van der Waals surface area contributed by atoms with Gasteiger partial charge in [-0.15, -0.1) is 0 Å². The molecule has 0 aliphatic carbocycles. The van der Waals surface area contributed by atoms with Crippen LogP contribution in [-0.4, -0.2) is 59.4 Å². The van der Waals surface area contributed by atoms with Gasteiger partial charge in [-0.1, -0.05) is 44.2 Å². The number of hydrogen-bond donors (Lipinski definition) is 1. The normalized spacial score (nSPS) is 21.1. The van der Waals surface area contributed by atoms with Crippen molar-refractivity contribution in [3.63, 3.8) is 0 Å². The summed E-state index contributed by atoms with van der Waals surface area (Å²) in [6, 6.07) is 9.07. The minimum atomic E-state index is -0.888. The Balaban J connectivity index is 2.12. The second-order valence-corrected chi connectivity index (χ2v) is 10.1. The third-order valence-electron chi connectivity index (χ3n) is 5.68. The van der Waals surface area contributed by atoms with E-state index in [1.165, 1.54) is 7.11 Å². The molecule has 1 heterocycles. The molecule has 0 aromatic heterocycles. The maximum atomic E-state index is 12.8. The van der Waals surface area contributed by atoms with Gasteiger partial charge < -0.3 is 19.7 Å². The molecular weight excluding hydrogens is 422 g/mol. The van der Waals surface area contributed by atoms with Crippen LogP contribution in [-0.2, 0) is 30.4 Å². The summed E-state index contributed by atoms with van der Waals surface area (Å²) in [4.78, 5) is 44.2. The van der Waals surface area contributed by atoms with E-state index in [9.17, 15) is 14.4 Å². The second kappa shape index (κ2) is 10.8. The van der Waals surface area contributed by atoms with Crippen molar-refractivity contribution < 1.29 is 23.9 Å². The van der Waals surface area contributed by atoms with Crippen LogP contribution in [0.2, 0.25) is 0 Å². The lowest BCUT2D eigenvalue weighted by atomic mass is 9.86. The summed E-state index contributed by atoms with van der Waals surface area (Å²) in [5.41, 5.74) is -0.151. The number of methoxy groups -OCH3 is 1. The first-order valence-electron chi connectivity index (χ1n) is 11.3. The maximum absolute atomic E-state index is 12.8. The van der Waals surface area contributed by atoms with Gasteiger partial charge in [0.05, 0.1) is 19.0 Å². The Hall–Kier alpha value is -2.90. The predicted molar refractivity (Wildman–Crippen MR) is 127 cm³/mol. The van der Waals surface area contributed by atoms with E-state index in [2.05, 4.69) is 10.3 Å². The van der Waals surface area contributed by atoms with Crippen LogP contribution in [0, 0.1) is 5.92 Å². The zero-order valence-corrected chi connectivity index (χ0v) is 20.8. The molecule has 0 saturated carbocycles. The molecule has 182 valence electrons. The van der Waals surface area contributed by atoms with E-state index in [1.807, 2.05) is 76.8 Å². The minimum Gasteiger partial charge on any atom is -0.467 e. The van der Waals surface area contributed by atoms with Crippen molar-refractivity contribution in [1.82, 2.24) is 10.2 Å². The van der Waals surface area contributed by atoms with Crippen molar-refractivity contribution in [2.75, 3.05) is 7.11 Å². The average molecular weight is 460 g/mol. The molecule has 0 radical (unpaired) electrons. The zero-order valence-electron chi connectivity index (χ0n) is 20.8. The third-order valence-corrected chi connectivity index (χ3v) is 5.68. The molecule has 0 fully saturated rings. The lowest BCUT2D eigenvalue weighted by Crippen LogP contribution is -2.52. The number of benzene rings is 1. The second-order valence-electron chi connectivity index (χ2n) is 10.1. The molecule has 8 heteroatoms. The fraction of sp³-hybridized carbons (Fsp3) is 0.600. The number of aliphatic imine (C=N–C) groups is 1. The quantitative estimate of drug-likeness (QED) is 0.570. The highest BCUT2D eigenvalue weighted by Gasteiger charge is 2.47. The fourth-order valence-corrected chi connectivity index (χ4v) is 3.79. The molecule has 8 nitrogen and oxygen atoms in total. The number of hydrogen-bond acceptors (Lipinski definition) is 7. The largest absolute Gasteiger partial charge is 0.467 e. The van der Waals surface area contributed by atoms with Gasteiger partial charge in [0.25, 0.3) is 5.91 Å². The van der Waals surface area contributed by atoms with Gasteiger partial charge in [-0.05, 0) is 45.6 Å². The molecule has 1 aliphatic rings. The van der Waals surface area contributed by atoms with E-state index in [0.29, 0.717) is 13.0 Å². The minimum absolute atomic E-state index is 0.0324. The summed E-state index contributed by atoms with van der Waals surface area (Å²) in [6.45, 7) is 11.7. The maximum Gasteiger partial charge on any atom is 0.333 e. The highest BCUT2D eigenvalue weighted by Crippen LogP contribution is 2.33. The average Bonchev–Trinajstić information content (AvgIpc) is 3.05. The monoisotopic (exact) mass is 459 g/mol. The molecule has 1 N–H and O–H groups in total. The number of ether oxygens (including phenoxy) is 2. The molecule has 1 aromatic carbocycles. The van der Waals surface area contributed by atoms with Gasteiger partial charge in [-0.25, -0.2) is 4.79 Å². The highest BCUT2D eigenvalue weighted by molar-refractivity contribution is 5.85. The summed E-state index contributed by atoms with van der Waals surface area (Å²) in [7, 11) is 1.33. The molecule has 0 spiro atoms. The topological polar surface area (TPSA) is 97.3 Å². The number of carbonyl (C=O) groups is 3. The van der Waals surface area contributed by atoms with Gasteiger partial charge in [-0.2, -0.15) is 0 Å². The van der Waals surface area contributed by atoms with Crippen molar-refractivity contribution in [2.24, 2.45) is 10.9 Å². The predicted octanol–water partition coefficient (Wildman–Crippen LogP) is 3.09. The zero-order chi connectivity index (χ0) is 24.8. The van der Waals surface area contributed by atoms with Crippen LogP contribution in [0.4, 0.5) is 0 Å². The Morgan fingerprint density at radius 2 is 1.82 bits per heavy atom. The molecule has 0 bridgehead atoms. The van der Waals surface area contributed by atoms with E-state index in [-0.39, 0.29) is 18.2 Å². The molecule has 0 saturated heterocycles.